The van der Waals surface area contributed by atoms with Gasteiger partial charge < -0.3 is 10.1 Å². The van der Waals surface area contributed by atoms with Gasteiger partial charge >= 0.3 is 6.01 Å². The number of hydrogen-bond acceptors (Lipinski definition) is 4. The lowest BCUT2D eigenvalue weighted by atomic mass is 9.92. The molecular weight excluding hydrogens is 290 g/mol. The van der Waals surface area contributed by atoms with Gasteiger partial charge in [0.2, 0.25) is 5.91 Å². The highest BCUT2D eigenvalue weighted by atomic mass is 16.5. The van der Waals surface area contributed by atoms with Crippen molar-refractivity contribution in [2.24, 2.45) is 5.92 Å². The average molecular weight is 319 g/mol. The first kappa shape index (κ1) is 17.7. The summed E-state index contributed by atoms with van der Waals surface area (Å²) in [6.07, 6.45) is 5.62. The van der Waals surface area contributed by atoms with E-state index < -0.39 is 0 Å². The van der Waals surface area contributed by atoms with Crippen molar-refractivity contribution < 1.29 is 9.53 Å². The van der Waals surface area contributed by atoms with Crippen LogP contribution >= 0.6 is 0 Å². The Morgan fingerprint density at radius 1 is 1.26 bits per heavy atom. The number of carbonyl (C=O) groups excluding carboxylic acids is 1. The standard InChI is InChI=1S/C18H29N3O2/c1-5-12(2)10-17(22)21-15-6-8-16(9-7-15)23-18-19-13(3)11-14(4)20-18/h11-12,15-16H,5-10H2,1-4H3,(H,21,22). The van der Waals surface area contributed by atoms with Gasteiger partial charge in [0.25, 0.3) is 0 Å². The molecule has 1 amide bonds. The van der Waals surface area contributed by atoms with Crippen LogP contribution in [0.5, 0.6) is 6.01 Å². The van der Waals surface area contributed by atoms with Crippen molar-refractivity contribution in [3.63, 3.8) is 0 Å². The Kier molecular flexibility index (Phi) is 6.37. The van der Waals surface area contributed by atoms with Crippen molar-refractivity contribution >= 4 is 5.91 Å². The van der Waals surface area contributed by atoms with Crippen molar-refractivity contribution in [2.45, 2.75) is 78.4 Å². The molecule has 5 heteroatoms. The third-order valence-electron chi connectivity index (χ3n) is 4.50. The van der Waals surface area contributed by atoms with E-state index in [4.69, 9.17) is 4.74 Å². The normalized spacial score (nSPS) is 22.4. The number of hydrogen-bond donors (Lipinski definition) is 1. The second-order valence-corrected chi connectivity index (χ2v) is 6.81. The maximum absolute atomic E-state index is 12.0. The first-order valence-corrected chi connectivity index (χ1v) is 8.74. The number of ether oxygens (including phenoxy) is 1. The average Bonchev–Trinajstić information content (AvgIpc) is 2.48. The van der Waals surface area contributed by atoms with Crippen molar-refractivity contribution in [1.82, 2.24) is 15.3 Å². The Hall–Kier alpha value is -1.65. The highest BCUT2D eigenvalue weighted by Crippen LogP contribution is 2.23. The second kappa shape index (κ2) is 8.27. The molecule has 1 fully saturated rings. The summed E-state index contributed by atoms with van der Waals surface area (Å²) in [7, 11) is 0. The van der Waals surface area contributed by atoms with E-state index in [-0.39, 0.29) is 18.1 Å². The van der Waals surface area contributed by atoms with Crippen LogP contribution in [0.3, 0.4) is 0 Å². The van der Waals surface area contributed by atoms with Gasteiger partial charge in [-0.3, -0.25) is 4.79 Å². The van der Waals surface area contributed by atoms with Crippen molar-refractivity contribution in [3.05, 3.63) is 17.5 Å². The van der Waals surface area contributed by atoms with Crippen LogP contribution in [0, 0.1) is 19.8 Å². The van der Waals surface area contributed by atoms with E-state index in [2.05, 4.69) is 29.1 Å². The number of aryl methyl sites for hydroxylation is 2. The number of nitrogens with one attached hydrogen (secondary N) is 1. The van der Waals surface area contributed by atoms with Crippen LogP contribution in [0.4, 0.5) is 0 Å². The fourth-order valence-corrected chi connectivity index (χ4v) is 2.97. The Morgan fingerprint density at radius 2 is 1.87 bits per heavy atom. The Bertz CT molecular complexity index is 505. The predicted molar refractivity (Wildman–Crippen MR) is 90.4 cm³/mol. The molecule has 0 saturated heterocycles. The van der Waals surface area contributed by atoms with Gasteiger partial charge in [0.05, 0.1) is 0 Å². The van der Waals surface area contributed by atoms with Crippen LogP contribution in [0.25, 0.3) is 0 Å². The number of aromatic nitrogens is 2. The molecule has 0 spiro atoms. The first-order chi connectivity index (χ1) is 11.0. The maximum Gasteiger partial charge on any atom is 0.317 e. The van der Waals surface area contributed by atoms with E-state index >= 15 is 0 Å². The molecule has 1 atom stereocenters. The van der Waals surface area contributed by atoms with Gasteiger partial charge in [0, 0.05) is 23.9 Å². The molecule has 1 aromatic heterocycles. The second-order valence-electron chi connectivity index (χ2n) is 6.81. The molecule has 2 rings (SSSR count). The van der Waals surface area contributed by atoms with Crippen molar-refractivity contribution in [1.29, 1.82) is 0 Å². The summed E-state index contributed by atoms with van der Waals surface area (Å²) in [5.41, 5.74) is 1.86. The largest absolute Gasteiger partial charge is 0.460 e. The van der Waals surface area contributed by atoms with E-state index in [1.54, 1.807) is 0 Å². The van der Waals surface area contributed by atoms with Gasteiger partial charge in [-0.1, -0.05) is 20.3 Å². The van der Waals surface area contributed by atoms with Gasteiger partial charge in [-0.25, -0.2) is 9.97 Å². The van der Waals surface area contributed by atoms with E-state index in [1.165, 1.54) is 0 Å². The third kappa shape index (κ3) is 5.81. The summed E-state index contributed by atoms with van der Waals surface area (Å²) in [5.74, 6) is 0.637. The lowest BCUT2D eigenvalue weighted by Gasteiger charge is -2.29. The Labute approximate surface area is 139 Å². The zero-order valence-electron chi connectivity index (χ0n) is 14.8. The number of rotatable bonds is 6. The van der Waals surface area contributed by atoms with Crippen molar-refractivity contribution in [3.8, 4) is 6.01 Å². The van der Waals surface area contributed by atoms with Gasteiger partial charge in [-0.2, -0.15) is 0 Å². The summed E-state index contributed by atoms with van der Waals surface area (Å²) in [6, 6.07) is 2.70. The van der Waals surface area contributed by atoms with E-state index in [9.17, 15) is 4.79 Å². The Balaban J connectivity index is 1.76. The first-order valence-electron chi connectivity index (χ1n) is 8.74. The monoisotopic (exact) mass is 319 g/mol. The molecule has 5 nitrogen and oxygen atoms in total. The molecule has 1 aromatic rings. The zero-order valence-corrected chi connectivity index (χ0v) is 14.8. The summed E-state index contributed by atoms with van der Waals surface area (Å²) in [5, 5.41) is 3.16. The van der Waals surface area contributed by atoms with Crippen LogP contribution in [0.2, 0.25) is 0 Å². The fourth-order valence-electron chi connectivity index (χ4n) is 2.97. The minimum Gasteiger partial charge on any atom is -0.460 e. The van der Waals surface area contributed by atoms with Gasteiger partial charge in [-0.15, -0.1) is 0 Å². The lowest BCUT2D eigenvalue weighted by Crippen LogP contribution is -2.40. The number of nitrogens with zero attached hydrogens (tertiary/aromatic N) is 2. The molecule has 1 aliphatic carbocycles. The molecule has 0 bridgehead atoms. The van der Waals surface area contributed by atoms with Gasteiger partial charge in [-0.05, 0) is 51.5 Å². The SMILES string of the molecule is CCC(C)CC(=O)NC1CCC(Oc2nc(C)cc(C)n2)CC1. The topological polar surface area (TPSA) is 64.1 Å². The quantitative estimate of drug-likeness (QED) is 0.873. The molecule has 1 aliphatic rings. The number of carbonyl (C=O) groups is 1. The minimum atomic E-state index is 0.152. The van der Waals surface area contributed by atoms with Crippen LogP contribution < -0.4 is 10.1 Å². The van der Waals surface area contributed by atoms with E-state index in [0.717, 1.165) is 43.5 Å². The fraction of sp³-hybridized carbons (Fsp3) is 0.722. The van der Waals surface area contributed by atoms with Gasteiger partial charge in [0.15, 0.2) is 0 Å². The van der Waals surface area contributed by atoms with Crippen LogP contribution in [0.15, 0.2) is 6.07 Å². The summed E-state index contributed by atoms with van der Waals surface area (Å²) in [4.78, 5) is 20.6. The van der Waals surface area contributed by atoms with Crippen molar-refractivity contribution in [2.75, 3.05) is 0 Å². The molecule has 1 unspecified atom stereocenters. The highest BCUT2D eigenvalue weighted by Gasteiger charge is 2.24. The molecule has 128 valence electrons. The molecule has 0 aliphatic heterocycles. The van der Waals surface area contributed by atoms with Gasteiger partial charge in [0.1, 0.15) is 6.10 Å². The molecule has 1 heterocycles. The highest BCUT2D eigenvalue weighted by molar-refractivity contribution is 5.76. The minimum absolute atomic E-state index is 0.152. The molecule has 23 heavy (non-hydrogen) atoms. The predicted octanol–water partition coefficient (Wildman–Crippen LogP) is 3.34. The van der Waals surface area contributed by atoms with Crippen LogP contribution in [-0.2, 0) is 4.79 Å². The van der Waals surface area contributed by atoms with E-state index in [0.29, 0.717) is 18.3 Å². The maximum atomic E-state index is 12.0. The molecular formula is C18H29N3O2. The lowest BCUT2D eigenvalue weighted by molar-refractivity contribution is -0.123. The molecule has 1 saturated carbocycles. The molecule has 0 radical (unpaired) electrons. The van der Waals surface area contributed by atoms with E-state index in [1.807, 2.05) is 19.9 Å². The number of amides is 1. The molecule has 1 N–H and O–H groups in total. The van der Waals surface area contributed by atoms with Crippen LogP contribution in [-0.4, -0.2) is 28.0 Å². The third-order valence-corrected chi connectivity index (χ3v) is 4.50. The summed E-state index contributed by atoms with van der Waals surface area (Å²) in [6.45, 7) is 8.14. The smallest absolute Gasteiger partial charge is 0.317 e. The summed E-state index contributed by atoms with van der Waals surface area (Å²) < 4.78 is 5.92. The van der Waals surface area contributed by atoms with Crippen LogP contribution in [0.1, 0.15) is 63.8 Å². The zero-order chi connectivity index (χ0) is 16.8. The molecule has 0 aromatic carbocycles. The Morgan fingerprint density at radius 3 is 2.43 bits per heavy atom. The summed E-state index contributed by atoms with van der Waals surface area (Å²) >= 11 is 0.